The molecule has 160 valence electrons. The molecule has 0 unspecified atom stereocenters. The standard InChI is InChI=1S/C25H27N3O3/c1-15-13-19-7-4-5-10-21(19)27(15)22(29)16(2)28-23(30)25(3,26-24(28)31)20-12-11-17-8-6-9-18(17)14-20/h4-5,7,10-12,14-16H,6,8-9,13H2,1-3H3,(H,26,31)/t15-,16+,25-/m1/s1. The first-order chi connectivity index (χ1) is 14.8. The summed E-state index contributed by atoms with van der Waals surface area (Å²) in [5.74, 6) is -0.615. The first kappa shape index (κ1) is 19.8. The van der Waals surface area contributed by atoms with Gasteiger partial charge < -0.3 is 10.2 Å². The number of aryl methyl sites for hydroxylation is 2. The Morgan fingerprint density at radius 3 is 2.65 bits per heavy atom. The summed E-state index contributed by atoms with van der Waals surface area (Å²) in [7, 11) is 0. The number of benzene rings is 2. The van der Waals surface area contributed by atoms with E-state index in [1.807, 2.05) is 43.3 Å². The van der Waals surface area contributed by atoms with E-state index in [9.17, 15) is 14.4 Å². The van der Waals surface area contributed by atoms with Crippen molar-refractivity contribution < 1.29 is 14.4 Å². The molecule has 0 spiro atoms. The first-order valence-corrected chi connectivity index (χ1v) is 11.0. The Bertz CT molecular complexity index is 1110. The second-order valence-electron chi connectivity index (χ2n) is 9.13. The number of imide groups is 1. The third kappa shape index (κ3) is 2.88. The Kier molecular flexibility index (Phi) is 4.43. The molecule has 3 aliphatic rings. The monoisotopic (exact) mass is 417 g/mol. The van der Waals surface area contributed by atoms with Crippen LogP contribution in [0.4, 0.5) is 10.5 Å². The van der Waals surface area contributed by atoms with Crippen molar-refractivity contribution in [3.8, 4) is 0 Å². The molecule has 6 heteroatoms. The van der Waals surface area contributed by atoms with Gasteiger partial charge in [0.15, 0.2) is 0 Å². The van der Waals surface area contributed by atoms with Crippen LogP contribution >= 0.6 is 0 Å². The van der Waals surface area contributed by atoms with Crippen LogP contribution in [0.5, 0.6) is 0 Å². The van der Waals surface area contributed by atoms with Crippen molar-refractivity contribution in [3.63, 3.8) is 0 Å². The Labute approximate surface area is 182 Å². The lowest BCUT2D eigenvalue weighted by atomic mass is 9.89. The Morgan fingerprint density at radius 2 is 1.84 bits per heavy atom. The van der Waals surface area contributed by atoms with Gasteiger partial charge in [0, 0.05) is 11.7 Å². The SMILES string of the molecule is C[C@@H]1Cc2ccccc2N1C(=O)[C@H](C)N1C(=O)N[C@](C)(c2ccc3c(c2)CCC3)C1=O. The van der Waals surface area contributed by atoms with Gasteiger partial charge >= 0.3 is 6.03 Å². The van der Waals surface area contributed by atoms with Gasteiger partial charge in [-0.05, 0) is 74.8 Å². The molecule has 5 rings (SSSR count). The van der Waals surface area contributed by atoms with E-state index < -0.39 is 17.6 Å². The number of rotatable bonds is 3. The van der Waals surface area contributed by atoms with E-state index in [4.69, 9.17) is 0 Å². The molecule has 2 aromatic rings. The minimum absolute atomic E-state index is 0.0174. The first-order valence-electron chi connectivity index (χ1n) is 11.0. The van der Waals surface area contributed by atoms with Crippen LogP contribution in [-0.2, 0) is 34.4 Å². The van der Waals surface area contributed by atoms with E-state index in [1.54, 1.807) is 18.7 Å². The number of fused-ring (bicyclic) bond motifs is 2. The summed E-state index contributed by atoms with van der Waals surface area (Å²) in [6.45, 7) is 5.36. The molecule has 0 radical (unpaired) electrons. The van der Waals surface area contributed by atoms with Gasteiger partial charge in [0.1, 0.15) is 11.6 Å². The fourth-order valence-corrected chi connectivity index (χ4v) is 5.30. The van der Waals surface area contributed by atoms with Gasteiger partial charge in [0.2, 0.25) is 5.91 Å². The van der Waals surface area contributed by atoms with Crippen LogP contribution in [0.3, 0.4) is 0 Å². The van der Waals surface area contributed by atoms with E-state index in [0.29, 0.717) is 0 Å². The predicted octanol–water partition coefficient (Wildman–Crippen LogP) is 3.31. The van der Waals surface area contributed by atoms with Crippen molar-refractivity contribution in [3.05, 3.63) is 64.7 Å². The maximum Gasteiger partial charge on any atom is 0.326 e. The summed E-state index contributed by atoms with van der Waals surface area (Å²) in [6, 6.07) is 12.4. The number of anilines is 1. The molecule has 0 saturated carbocycles. The number of carbonyl (C=O) groups is 3. The fraction of sp³-hybridized carbons (Fsp3) is 0.400. The second kappa shape index (κ2) is 6.94. The molecule has 0 aromatic heterocycles. The van der Waals surface area contributed by atoms with E-state index >= 15 is 0 Å². The van der Waals surface area contributed by atoms with Crippen LogP contribution in [0.1, 0.15) is 49.4 Å². The van der Waals surface area contributed by atoms with Crippen LogP contribution < -0.4 is 10.2 Å². The molecule has 31 heavy (non-hydrogen) atoms. The lowest BCUT2D eigenvalue weighted by molar-refractivity contribution is -0.137. The highest BCUT2D eigenvalue weighted by Crippen LogP contribution is 2.36. The molecule has 1 saturated heterocycles. The zero-order valence-corrected chi connectivity index (χ0v) is 18.1. The molecule has 2 aliphatic heterocycles. The number of amides is 4. The lowest BCUT2D eigenvalue weighted by Gasteiger charge is -2.30. The van der Waals surface area contributed by atoms with E-state index in [1.165, 1.54) is 11.1 Å². The normalized spacial score (nSPS) is 25.5. The van der Waals surface area contributed by atoms with Crippen LogP contribution in [0.25, 0.3) is 0 Å². The summed E-state index contributed by atoms with van der Waals surface area (Å²) in [6.07, 6.45) is 3.93. The van der Waals surface area contributed by atoms with E-state index in [-0.39, 0.29) is 17.9 Å². The number of nitrogens with zero attached hydrogens (tertiary/aromatic N) is 2. The van der Waals surface area contributed by atoms with Crippen LogP contribution in [0.2, 0.25) is 0 Å². The second-order valence-corrected chi connectivity index (χ2v) is 9.13. The van der Waals surface area contributed by atoms with Crippen molar-refractivity contribution in [2.75, 3.05) is 4.90 Å². The largest absolute Gasteiger partial charge is 0.326 e. The number of carbonyl (C=O) groups excluding carboxylic acids is 3. The zero-order chi connectivity index (χ0) is 21.9. The van der Waals surface area contributed by atoms with Gasteiger partial charge in [0.05, 0.1) is 0 Å². The van der Waals surface area contributed by atoms with Gasteiger partial charge in [-0.15, -0.1) is 0 Å². The average Bonchev–Trinajstić information content (AvgIpc) is 3.41. The van der Waals surface area contributed by atoms with Crippen LogP contribution in [0.15, 0.2) is 42.5 Å². The summed E-state index contributed by atoms with van der Waals surface area (Å²) < 4.78 is 0. The highest BCUT2D eigenvalue weighted by molar-refractivity contribution is 6.12. The Hall–Kier alpha value is -3.15. The van der Waals surface area contributed by atoms with E-state index in [2.05, 4.69) is 11.4 Å². The molecule has 4 amide bonds. The van der Waals surface area contributed by atoms with Crippen LogP contribution in [-0.4, -0.2) is 34.8 Å². The fourth-order valence-electron chi connectivity index (χ4n) is 5.30. The maximum absolute atomic E-state index is 13.5. The van der Waals surface area contributed by atoms with Gasteiger partial charge in [-0.1, -0.05) is 36.4 Å². The highest BCUT2D eigenvalue weighted by atomic mass is 16.2. The molecular formula is C25H27N3O3. The number of hydrogen-bond donors (Lipinski definition) is 1. The van der Waals surface area contributed by atoms with Crippen molar-refractivity contribution >= 4 is 23.5 Å². The minimum atomic E-state index is -1.17. The van der Waals surface area contributed by atoms with Crippen molar-refractivity contribution in [1.29, 1.82) is 0 Å². The smallest absolute Gasteiger partial charge is 0.319 e. The van der Waals surface area contributed by atoms with Crippen molar-refractivity contribution in [2.24, 2.45) is 0 Å². The van der Waals surface area contributed by atoms with E-state index in [0.717, 1.165) is 47.4 Å². The molecule has 2 aromatic carbocycles. The molecular weight excluding hydrogens is 390 g/mol. The summed E-state index contributed by atoms with van der Waals surface area (Å²) >= 11 is 0. The molecule has 1 aliphatic carbocycles. The van der Waals surface area contributed by atoms with Gasteiger partial charge in [-0.25, -0.2) is 9.69 Å². The van der Waals surface area contributed by atoms with Gasteiger partial charge in [0.25, 0.3) is 5.91 Å². The maximum atomic E-state index is 13.5. The summed E-state index contributed by atoms with van der Waals surface area (Å²) in [5, 5.41) is 2.86. The Morgan fingerprint density at radius 1 is 1.10 bits per heavy atom. The highest BCUT2D eigenvalue weighted by Gasteiger charge is 2.53. The zero-order valence-electron chi connectivity index (χ0n) is 18.1. The third-order valence-electron chi connectivity index (χ3n) is 7.09. The Balaban J connectivity index is 1.44. The molecule has 3 atom stereocenters. The topological polar surface area (TPSA) is 69.7 Å². The lowest BCUT2D eigenvalue weighted by Crippen LogP contribution is -2.52. The van der Waals surface area contributed by atoms with Crippen molar-refractivity contribution in [2.45, 2.75) is 64.1 Å². The number of nitrogens with one attached hydrogen (secondary N) is 1. The minimum Gasteiger partial charge on any atom is -0.319 e. The summed E-state index contributed by atoms with van der Waals surface area (Å²) in [5.41, 5.74) is 4.12. The van der Waals surface area contributed by atoms with Gasteiger partial charge in [-0.2, -0.15) is 0 Å². The molecule has 2 heterocycles. The predicted molar refractivity (Wildman–Crippen MR) is 118 cm³/mol. The average molecular weight is 418 g/mol. The molecule has 1 N–H and O–H groups in total. The number of urea groups is 1. The molecule has 0 bridgehead atoms. The molecule has 1 fully saturated rings. The van der Waals surface area contributed by atoms with Gasteiger partial charge in [-0.3, -0.25) is 9.59 Å². The van der Waals surface area contributed by atoms with Crippen molar-refractivity contribution in [1.82, 2.24) is 10.2 Å². The number of hydrogen-bond acceptors (Lipinski definition) is 3. The summed E-state index contributed by atoms with van der Waals surface area (Å²) in [4.78, 5) is 42.7. The number of para-hydroxylation sites is 1. The molecule has 6 nitrogen and oxygen atoms in total. The van der Waals surface area contributed by atoms with Crippen LogP contribution in [0, 0.1) is 0 Å². The quantitative estimate of drug-likeness (QED) is 0.779. The third-order valence-corrected chi connectivity index (χ3v) is 7.09.